The van der Waals surface area contributed by atoms with Crippen LogP contribution in [0.1, 0.15) is 23.4 Å². The van der Waals surface area contributed by atoms with Crippen molar-refractivity contribution >= 4 is 34.7 Å². The summed E-state index contributed by atoms with van der Waals surface area (Å²) in [6.07, 6.45) is 4.74. The first-order valence-electron chi connectivity index (χ1n) is 11.6. The number of rotatable bonds is 9. The number of morpholine rings is 1. The van der Waals surface area contributed by atoms with Crippen LogP contribution in [0.3, 0.4) is 0 Å². The lowest BCUT2D eigenvalue weighted by Gasteiger charge is -2.28. The molecule has 3 heterocycles. The first-order valence-corrected chi connectivity index (χ1v) is 12.0. The molecule has 1 aromatic carbocycles. The number of hydrogen-bond donors (Lipinski definition) is 1. The van der Waals surface area contributed by atoms with E-state index in [9.17, 15) is 0 Å². The molecule has 0 spiro atoms. The summed E-state index contributed by atoms with van der Waals surface area (Å²) < 4.78 is 11.1. The van der Waals surface area contributed by atoms with E-state index >= 15 is 0 Å². The molecule has 4 rings (SSSR count). The molecule has 182 valence electrons. The van der Waals surface area contributed by atoms with E-state index < -0.39 is 0 Å². The highest BCUT2D eigenvalue weighted by molar-refractivity contribution is 7.80. The summed E-state index contributed by atoms with van der Waals surface area (Å²) in [5.74, 6) is 2.10. The number of pyridine rings is 1. The SMILES string of the molecule is Cc1cccc(CN=Nc2cc(N3CCOCC3)nc(CCCOC(=S)Nc3cccnc3)n2)c1. The molecule has 0 saturated carbocycles. The molecule has 0 radical (unpaired) electrons. The Morgan fingerprint density at radius 3 is 2.86 bits per heavy atom. The predicted octanol–water partition coefficient (Wildman–Crippen LogP) is 4.65. The molecule has 1 aliphatic rings. The second kappa shape index (κ2) is 12.8. The average Bonchev–Trinajstić information content (AvgIpc) is 2.88. The Morgan fingerprint density at radius 1 is 1.17 bits per heavy atom. The molecule has 10 heteroatoms. The number of nitrogens with one attached hydrogen (secondary N) is 1. The maximum absolute atomic E-state index is 5.64. The number of hydrogen-bond acceptors (Lipinski definition) is 9. The van der Waals surface area contributed by atoms with E-state index in [1.54, 1.807) is 12.4 Å². The molecule has 35 heavy (non-hydrogen) atoms. The Morgan fingerprint density at radius 2 is 2.06 bits per heavy atom. The molecule has 3 aromatic rings. The highest BCUT2D eigenvalue weighted by Gasteiger charge is 2.15. The molecule has 0 unspecified atom stereocenters. The standard InChI is InChI=1S/C25H29N7O2S/c1-19-5-2-6-20(15-19)17-27-31-23-16-24(32-10-13-33-14-11-32)30-22(29-23)8-4-12-34-25(35)28-21-7-3-9-26-18-21/h2-3,5-7,9,15-16,18H,4,8,10-14,17H2,1H3,(H,28,35). The van der Waals surface area contributed by atoms with Crippen LogP contribution in [0.25, 0.3) is 0 Å². The monoisotopic (exact) mass is 491 g/mol. The van der Waals surface area contributed by atoms with Crippen molar-refractivity contribution < 1.29 is 9.47 Å². The third kappa shape index (κ3) is 8.04. The molecule has 1 N–H and O–H groups in total. The number of benzene rings is 1. The molecule has 2 aromatic heterocycles. The third-order valence-electron chi connectivity index (χ3n) is 5.28. The third-order valence-corrected chi connectivity index (χ3v) is 5.50. The lowest BCUT2D eigenvalue weighted by molar-refractivity contribution is 0.122. The molecule has 1 saturated heterocycles. The van der Waals surface area contributed by atoms with Crippen molar-refractivity contribution in [2.45, 2.75) is 26.3 Å². The molecule has 0 aliphatic carbocycles. The highest BCUT2D eigenvalue weighted by atomic mass is 32.1. The molecule has 1 fully saturated rings. The van der Waals surface area contributed by atoms with Crippen LogP contribution in [-0.4, -0.2) is 53.0 Å². The molecule has 1 aliphatic heterocycles. The minimum Gasteiger partial charge on any atom is -0.471 e. The van der Waals surface area contributed by atoms with Gasteiger partial charge in [-0.05, 0) is 43.3 Å². The lowest BCUT2D eigenvalue weighted by Crippen LogP contribution is -2.36. The predicted molar refractivity (Wildman–Crippen MR) is 139 cm³/mol. The zero-order chi connectivity index (χ0) is 24.3. The highest BCUT2D eigenvalue weighted by Crippen LogP contribution is 2.21. The van der Waals surface area contributed by atoms with Gasteiger partial charge in [0.15, 0.2) is 5.82 Å². The summed E-state index contributed by atoms with van der Waals surface area (Å²) in [7, 11) is 0. The van der Waals surface area contributed by atoms with E-state index in [4.69, 9.17) is 26.7 Å². The molecule has 0 bridgehead atoms. The van der Waals surface area contributed by atoms with Gasteiger partial charge in [0.2, 0.25) is 0 Å². The summed E-state index contributed by atoms with van der Waals surface area (Å²) >= 11 is 5.25. The number of azo groups is 1. The molecular weight excluding hydrogens is 462 g/mol. The van der Waals surface area contributed by atoms with E-state index in [-0.39, 0.29) is 0 Å². The fourth-order valence-electron chi connectivity index (χ4n) is 3.57. The van der Waals surface area contributed by atoms with Crippen LogP contribution in [0.2, 0.25) is 0 Å². The zero-order valence-electron chi connectivity index (χ0n) is 19.8. The maximum Gasteiger partial charge on any atom is 0.261 e. The number of ether oxygens (including phenoxy) is 2. The Labute approximate surface area is 210 Å². The van der Waals surface area contributed by atoms with Crippen LogP contribution < -0.4 is 10.2 Å². The van der Waals surface area contributed by atoms with E-state index in [1.165, 1.54) is 5.56 Å². The van der Waals surface area contributed by atoms with Crippen molar-refractivity contribution in [3.05, 3.63) is 71.8 Å². The van der Waals surface area contributed by atoms with Crippen LogP contribution in [0.5, 0.6) is 0 Å². The van der Waals surface area contributed by atoms with E-state index in [0.29, 0.717) is 56.0 Å². The fraction of sp³-hybridized carbons (Fsp3) is 0.360. The second-order valence-electron chi connectivity index (χ2n) is 8.09. The Balaban J connectivity index is 1.36. The summed E-state index contributed by atoms with van der Waals surface area (Å²) in [6.45, 7) is 5.95. The van der Waals surface area contributed by atoms with Crippen molar-refractivity contribution in [1.29, 1.82) is 0 Å². The van der Waals surface area contributed by atoms with E-state index in [0.717, 1.165) is 30.2 Å². The average molecular weight is 492 g/mol. The first-order chi connectivity index (χ1) is 17.2. The van der Waals surface area contributed by atoms with E-state index in [1.807, 2.05) is 30.3 Å². The van der Waals surface area contributed by atoms with Gasteiger partial charge in [-0.15, -0.1) is 5.11 Å². The van der Waals surface area contributed by atoms with Crippen LogP contribution in [0.4, 0.5) is 17.3 Å². The van der Waals surface area contributed by atoms with Crippen molar-refractivity contribution in [3.8, 4) is 0 Å². The quantitative estimate of drug-likeness (QED) is 0.263. The van der Waals surface area contributed by atoms with Gasteiger partial charge < -0.3 is 19.7 Å². The van der Waals surface area contributed by atoms with Crippen LogP contribution in [0, 0.1) is 6.92 Å². The van der Waals surface area contributed by atoms with Crippen molar-refractivity contribution in [2.75, 3.05) is 43.1 Å². The van der Waals surface area contributed by atoms with Crippen molar-refractivity contribution in [2.24, 2.45) is 10.2 Å². The summed E-state index contributed by atoms with van der Waals surface area (Å²) in [5.41, 5.74) is 3.11. The molecule has 9 nitrogen and oxygen atoms in total. The van der Waals surface area contributed by atoms with E-state index in [2.05, 4.69) is 49.5 Å². The summed E-state index contributed by atoms with van der Waals surface area (Å²) in [4.78, 5) is 15.6. The summed E-state index contributed by atoms with van der Waals surface area (Å²) in [6, 6.07) is 13.8. The Kier molecular flexibility index (Phi) is 9.02. The van der Waals surface area contributed by atoms with Gasteiger partial charge in [-0.3, -0.25) is 4.98 Å². The number of thiocarbonyl (C=S) groups is 1. The Bertz CT molecular complexity index is 1140. The fourth-order valence-corrected chi connectivity index (χ4v) is 3.77. The van der Waals surface area contributed by atoms with Gasteiger partial charge in [-0.1, -0.05) is 29.8 Å². The van der Waals surface area contributed by atoms with Gasteiger partial charge >= 0.3 is 0 Å². The normalized spacial score (nSPS) is 13.7. The van der Waals surface area contributed by atoms with Gasteiger partial charge in [0, 0.05) is 31.8 Å². The lowest BCUT2D eigenvalue weighted by atomic mass is 10.1. The minimum atomic E-state index is 0.312. The van der Waals surface area contributed by atoms with Crippen molar-refractivity contribution in [3.63, 3.8) is 0 Å². The van der Waals surface area contributed by atoms with Gasteiger partial charge in [-0.25, -0.2) is 9.97 Å². The first kappa shape index (κ1) is 24.6. The van der Waals surface area contributed by atoms with Gasteiger partial charge in [0.05, 0.1) is 38.2 Å². The van der Waals surface area contributed by atoms with Crippen LogP contribution in [0.15, 0.2) is 65.1 Å². The maximum atomic E-state index is 5.64. The van der Waals surface area contributed by atoms with Gasteiger partial charge in [-0.2, -0.15) is 5.11 Å². The van der Waals surface area contributed by atoms with Gasteiger partial charge in [0.1, 0.15) is 11.6 Å². The number of aromatic nitrogens is 3. The number of aryl methyl sites for hydroxylation is 2. The van der Waals surface area contributed by atoms with Crippen LogP contribution in [-0.2, 0) is 22.4 Å². The van der Waals surface area contributed by atoms with Crippen LogP contribution >= 0.6 is 12.2 Å². The smallest absolute Gasteiger partial charge is 0.261 e. The molecule has 0 amide bonds. The largest absolute Gasteiger partial charge is 0.471 e. The second-order valence-corrected chi connectivity index (χ2v) is 8.47. The molecular formula is C25H29N7O2S. The topological polar surface area (TPSA) is 97.1 Å². The zero-order valence-corrected chi connectivity index (χ0v) is 20.6. The summed E-state index contributed by atoms with van der Waals surface area (Å²) in [5, 5.41) is 12.1. The van der Waals surface area contributed by atoms with Crippen molar-refractivity contribution in [1.82, 2.24) is 15.0 Å². The minimum absolute atomic E-state index is 0.312. The molecule has 0 atom stereocenters. The van der Waals surface area contributed by atoms with Gasteiger partial charge in [0.25, 0.3) is 5.17 Å². The number of nitrogens with zero attached hydrogens (tertiary/aromatic N) is 6. The Hall–Kier alpha value is -3.50. The number of anilines is 2.